The van der Waals surface area contributed by atoms with Crippen molar-refractivity contribution in [3.05, 3.63) is 35.4 Å². The van der Waals surface area contributed by atoms with Crippen LogP contribution in [0.15, 0.2) is 24.3 Å². The first-order chi connectivity index (χ1) is 9.54. The van der Waals surface area contributed by atoms with Crippen LogP contribution < -0.4 is 0 Å². The van der Waals surface area contributed by atoms with Gasteiger partial charge in [-0.25, -0.2) is 0 Å². The van der Waals surface area contributed by atoms with E-state index in [9.17, 15) is 0 Å². The Kier molecular flexibility index (Phi) is 3.82. The van der Waals surface area contributed by atoms with Gasteiger partial charge in [-0.05, 0) is 27.7 Å². The van der Waals surface area contributed by atoms with Crippen LogP contribution in [-0.2, 0) is 18.9 Å². The van der Waals surface area contributed by atoms with E-state index in [0.717, 1.165) is 11.1 Å². The second-order valence-electron chi connectivity index (χ2n) is 5.70. The molecule has 1 aromatic carbocycles. The van der Waals surface area contributed by atoms with Crippen molar-refractivity contribution in [2.45, 2.75) is 64.7 Å². The molecule has 20 heavy (non-hydrogen) atoms. The van der Waals surface area contributed by atoms with Gasteiger partial charge in [0.25, 0.3) is 0 Å². The van der Waals surface area contributed by atoms with E-state index in [0.29, 0.717) is 0 Å². The van der Waals surface area contributed by atoms with Crippen LogP contribution in [0.3, 0.4) is 0 Å². The van der Waals surface area contributed by atoms with E-state index in [2.05, 4.69) is 0 Å². The minimum absolute atomic E-state index is 0.128. The minimum Gasteiger partial charge on any atom is -0.343 e. The van der Waals surface area contributed by atoms with Gasteiger partial charge in [0.15, 0.2) is 12.6 Å². The lowest BCUT2D eigenvalue weighted by atomic mass is 10.1. The maximum absolute atomic E-state index is 5.77. The first-order valence-electron chi connectivity index (χ1n) is 7.26. The summed E-state index contributed by atoms with van der Waals surface area (Å²) in [6, 6.07) is 8.08. The topological polar surface area (TPSA) is 36.9 Å². The first-order valence-corrected chi connectivity index (χ1v) is 7.26. The minimum atomic E-state index is -0.266. The molecule has 0 amide bonds. The number of benzene rings is 1. The lowest BCUT2D eigenvalue weighted by molar-refractivity contribution is -0.0679. The molecule has 3 rings (SSSR count). The Morgan fingerprint density at radius 2 is 0.800 bits per heavy atom. The maximum Gasteiger partial charge on any atom is 0.184 e. The largest absolute Gasteiger partial charge is 0.343 e. The second-order valence-corrected chi connectivity index (χ2v) is 5.70. The average Bonchev–Trinajstić information content (AvgIpc) is 2.94. The maximum atomic E-state index is 5.77. The van der Waals surface area contributed by atoms with E-state index in [-0.39, 0.29) is 37.0 Å². The number of rotatable bonds is 2. The number of hydrogen-bond donors (Lipinski definition) is 0. The van der Waals surface area contributed by atoms with Crippen molar-refractivity contribution < 1.29 is 18.9 Å². The molecule has 0 bridgehead atoms. The molecule has 110 valence electrons. The third-order valence-electron chi connectivity index (χ3n) is 4.16. The van der Waals surface area contributed by atoms with Crippen LogP contribution in [0.5, 0.6) is 0 Å². The molecule has 0 aromatic heterocycles. The summed E-state index contributed by atoms with van der Waals surface area (Å²) in [6.07, 6.45) is -0.0221. The van der Waals surface area contributed by atoms with E-state index >= 15 is 0 Å². The Morgan fingerprint density at radius 3 is 1.05 bits per heavy atom. The molecular formula is C16H22O4. The Bertz CT molecular complexity index is 395. The Balaban J connectivity index is 1.69. The van der Waals surface area contributed by atoms with Crippen LogP contribution in [0, 0.1) is 0 Å². The molecule has 2 aliphatic heterocycles. The highest BCUT2D eigenvalue weighted by atomic mass is 16.7. The number of ether oxygens (including phenoxy) is 4. The molecule has 0 spiro atoms. The predicted molar refractivity (Wildman–Crippen MR) is 74.1 cm³/mol. The highest BCUT2D eigenvalue weighted by Crippen LogP contribution is 2.34. The van der Waals surface area contributed by atoms with Crippen molar-refractivity contribution >= 4 is 0 Å². The van der Waals surface area contributed by atoms with Crippen LogP contribution in [0.1, 0.15) is 51.4 Å². The van der Waals surface area contributed by atoms with Gasteiger partial charge in [-0.2, -0.15) is 0 Å². The van der Waals surface area contributed by atoms with E-state index in [4.69, 9.17) is 18.9 Å². The summed E-state index contributed by atoms with van der Waals surface area (Å²) >= 11 is 0. The Hall–Kier alpha value is -0.940. The number of hydrogen-bond acceptors (Lipinski definition) is 4. The highest BCUT2D eigenvalue weighted by molar-refractivity contribution is 5.25. The second kappa shape index (κ2) is 5.45. The fourth-order valence-corrected chi connectivity index (χ4v) is 2.41. The van der Waals surface area contributed by atoms with Gasteiger partial charge in [-0.15, -0.1) is 0 Å². The first kappa shape index (κ1) is 14.0. The van der Waals surface area contributed by atoms with E-state index in [1.165, 1.54) is 0 Å². The van der Waals surface area contributed by atoms with Gasteiger partial charge in [-0.1, -0.05) is 24.3 Å². The van der Waals surface area contributed by atoms with Crippen molar-refractivity contribution in [3.63, 3.8) is 0 Å². The summed E-state index contributed by atoms with van der Waals surface area (Å²) in [6.45, 7) is 8.12. The fourth-order valence-electron chi connectivity index (χ4n) is 2.41. The normalized spacial score (nSPS) is 41.2. The van der Waals surface area contributed by atoms with Crippen LogP contribution >= 0.6 is 0 Å². The van der Waals surface area contributed by atoms with Crippen molar-refractivity contribution in [2.75, 3.05) is 0 Å². The summed E-state index contributed by atoms with van der Waals surface area (Å²) in [4.78, 5) is 0. The Morgan fingerprint density at radius 1 is 0.550 bits per heavy atom. The van der Waals surface area contributed by atoms with Crippen LogP contribution in [-0.4, -0.2) is 24.4 Å². The van der Waals surface area contributed by atoms with Crippen LogP contribution in [0.25, 0.3) is 0 Å². The molecular weight excluding hydrogens is 256 g/mol. The summed E-state index contributed by atoms with van der Waals surface area (Å²) in [7, 11) is 0. The van der Waals surface area contributed by atoms with Crippen molar-refractivity contribution in [3.8, 4) is 0 Å². The van der Waals surface area contributed by atoms with Crippen LogP contribution in [0.4, 0.5) is 0 Å². The molecule has 2 heterocycles. The summed E-state index contributed by atoms with van der Waals surface area (Å²) < 4.78 is 23.1. The molecule has 2 aliphatic rings. The van der Waals surface area contributed by atoms with Gasteiger partial charge in [0.2, 0.25) is 0 Å². The third-order valence-corrected chi connectivity index (χ3v) is 4.16. The quantitative estimate of drug-likeness (QED) is 0.831. The molecule has 0 saturated carbocycles. The fraction of sp³-hybridized carbons (Fsp3) is 0.625. The van der Waals surface area contributed by atoms with E-state index < -0.39 is 0 Å². The molecule has 0 N–H and O–H groups in total. The SMILES string of the molecule is C[C@@H]1OC(c2ccc(C3O[C@@H](C)[C@@H](C)O3)cc2)O[C@@H]1C. The van der Waals surface area contributed by atoms with Gasteiger partial charge in [0.05, 0.1) is 24.4 Å². The van der Waals surface area contributed by atoms with Crippen molar-refractivity contribution in [1.82, 2.24) is 0 Å². The van der Waals surface area contributed by atoms with Gasteiger partial charge < -0.3 is 18.9 Å². The summed E-state index contributed by atoms with van der Waals surface area (Å²) in [5, 5.41) is 0. The molecule has 4 heteroatoms. The molecule has 2 unspecified atom stereocenters. The molecule has 2 fully saturated rings. The molecule has 1 aromatic rings. The monoisotopic (exact) mass is 278 g/mol. The van der Waals surface area contributed by atoms with E-state index in [1.54, 1.807) is 0 Å². The smallest absolute Gasteiger partial charge is 0.184 e. The molecule has 2 saturated heterocycles. The lowest BCUT2D eigenvalue weighted by Gasteiger charge is -2.13. The van der Waals surface area contributed by atoms with E-state index in [1.807, 2.05) is 52.0 Å². The van der Waals surface area contributed by atoms with Gasteiger partial charge in [-0.3, -0.25) is 0 Å². The Labute approximate surface area is 120 Å². The van der Waals surface area contributed by atoms with Gasteiger partial charge in [0, 0.05) is 11.1 Å². The molecule has 0 radical (unpaired) electrons. The molecule has 0 aliphatic carbocycles. The lowest BCUT2D eigenvalue weighted by Crippen LogP contribution is -2.13. The average molecular weight is 278 g/mol. The third kappa shape index (κ3) is 2.61. The van der Waals surface area contributed by atoms with Gasteiger partial charge >= 0.3 is 0 Å². The summed E-state index contributed by atoms with van der Waals surface area (Å²) in [5.41, 5.74) is 2.06. The molecule has 6 atom stereocenters. The van der Waals surface area contributed by atoms with Crippen molar-refractivity contribution in [2.24, 2.45) is 0 Å². The summed E-state index contributed by atoms with van der Waals surface area (Å²) in [5.74, 6) is 0. The van der Waals surface area contributed by atoms with Crippen molar-refractivity contribution in [1.29, 1.82) is 0 Å². The highest BCUT2D eigenvalue weighted by Gasteiger charge is 2.32. The zero-order chi connectivity index (χ0) is 14.3. The predicted octanol–water partition coefficient (Wildman–Crippen LogP) is 3.33. The van der Waals surface area contributed by atoms with Crippen LogP contribution in [0.2, 0.25) is 0 Å². The standard InChI is InChI=1S/C16H22O4/c1-9-10(2)18-15(17-9)13-5-7-14(8-6-13)16-19-11(3)12(4)20-16/h5-12,15-16H,1-4H3/t9-,10+,11-,12+,15?,16?. The zero-order valence-electron chi connectivity index (χ0n) is 12.4. The zero-order valence-corrected chi connectivity index (χ0v) is 12.4. The molecule has 4 nitrogen and oxygen atoms in total. The van der Waals surface area contributed by atoms with Gasteiger partial charge in [0.1, 0.15) is 0 Å².